The summed E-state index contributed by atoms with van der Waals surface area (Å²) in [4.78, 5) is 11.6. The van der Waals surface area contributed by atoms with Gasteiger partial charge in [-0.3, -0.25) is 4.79 Å². The van der Waals surface area contributed by atoms with Gasteiger partial charge in [0.05, 0.1) is 12.1 Å². The Morgan fingerprint density at radius 1 is 1.15 bits per heavy atom. The highest BCUT2D eigenvalue weighted by molar-refractivity contribution is 6.31. The third-order valence-electron chi connectivity index (χ3n) is 2.67. The van der Waals surface area contributed by atoms with E-state index in [9.17, 15) is 22.4 Å². The first-order chi connectivity index (χ1) is 9.27. The maximum Gasteiger partial charge on any atom is 0.417 e. The predicted molar refractivity (Wildman–Crippen MR) is 66.2 cm³/mol. The average Bonchev–Trinajstić information content (AvgIpc) is 2.33. The lowest BCUT2D eigenvalue weighted by Gasteiger charge is -2.11. The van der Waals surface area contributed by atoms with Crippen molar-refractivity contribution in [1.29, 1.82) is 0 Å². The van der Waals surface area contributed by atoms with Crippen LogP contribution in [0.2, 0.25) is 5.02 Å². The molecule has 1 heterocycles. The maximum atomic E-state index is 12.9. The minimum atomic E-state index is -4.54. The standard InChI is InChI=1S/C13H8ClF4NO/c14-11-5-10(15)3-1-8(11)6-19-7-9(13(16,17)18)2-4-12(19)20/h1-5,7H,6H2. The molecule has 0 N–H and O–H groups in total. The summed E-state index contributed by atoms with van der Waals surface area (Å²) < 4.78 is 51.5. The zero-order chi connectivity index (χ0) is 14.9. The van der Waals surface area contributed by atoms with Crippen molar-refractivity contribution in [3.63, 3.8) is 0 Å². The fourth-order valence-electron chi connectivity index (χ4n) is 1.66. The zero-order valence-corrected chi connectivity index (χ0v) is 10.7. The second kappa shape index (κ2) is 5.28. The van der Waals surface area contributed by atoms with Gasteiger partial charge in [0, 0.05) is 17.3 Å². The van der Waals surface area contributed by atoms with Crippen LogP contribution in [0.5, 0.6) is 0 Å². The molecule has 0 aliphatic heterocycles. The zero-order valence-electron chi connectivity index (χ0n) is 9.92. The minimum absolute atomic E-state index is 0.0503. The van der Waals surface area contributed by atoms with E-state index in [1.165, 1.54) is 6.07 Å². The van der Waals surface area contributed by atoms with Crippen LogP contribution in [0.25, 0.3) is 0 Å². The van der Waals surface area contributed by atoms with Crippen molar-refractivity contribution in [3.8, 4) is 0 Å². The van der Waals surface area contributed by atoms with Crippen LogP contribution in [0.4, 0.5) is 17.6 Å². The molecule has 2 nitrogen and oxygen atoms in total. The molecule has 1 aromatic carbocycles. The Labute approximate surface area is 116 Å². The quantitative estimate of drug-likeness (QED) is 0.775. The molecule has 0 amide bonds. The minimum Gasteiger partial charge on any atom is -0.310 e. The fourth-order valence-corrected chi connectivity index (χ4v) is 1.88. The Balaban J connectivity index is 2.40. The van der Waals surface area contributed by atoms with E-state index in [2.05, 4.69) is 0 Å². The number of alkyl halides is 3. The van der Waals surface area contributed by atoms with Crippen LogP contribution in [0.15, 0.2) is 41.3 Å². The van der Waals surface area contributed by atoms with Crippen LogP contribution in [0.3, 0.4) is 0 Å². The average molecular weight is 306 g/mol. The Bertz CT molecular complexity index is 694. The molecule has 0 saturated carbocycles. The summed E-state index contributed by atoms with van der Waals surface area (Å²) in [5.41, 5.74) is -1.18. The van der Waals surface area contributed by atoms with Crippen LogP contribution in [0.1, 0.15) is 11.1 Å². The molecule has 20 heavy (non-hydrogen) atoms. The fraction of sp³-hybridized carbons (Fsp3) is 0.154. The molecule has 2 rings (SSSR count). The molecule has 0 bridgehead atoms. The molecular formula is C13H8ClF4NO. The van der Waals surface area contributed by atoms with Gasteiger partial charge >= 0.3 is 6.18 Å². The lowest BCUT2D eigenvalue weighted by Crippen LogP contribution is -2.22. The molecule has 0 fully saturated rings. The number of aromatic nitrogens is 1. The van der Waals surface area contributed by atoms with Crippen LogP contribution in [-0.4, -0.2) is 4.57 Å². The Morgan fingerprint density at radius 2 is 1.85 bits per heavy atom. The molecule has 1 aromatic heterocycles. The molecule has 0 aliphatic rings. The maximum absolute atomic E-state index is 12.9. The number of hydrogen-bond acceptors (Lipinski definition) is 1. The molecule has 0 unspecified atom stereocenters. The highest BCUT2D eigenvalue weighted by Crippen LogP contribution is 2.28. The monoisotopic (exact) mass is 305 g/mol. The van der Waals surface area contributed by atoms with Crippen molar-refractivity contribution in [2.75, 3.05) is 0 Å². The van der Waals surface area contributed by atoms with Gasteiger partial charge in [-0.05, 0) is 23.8 Å². The number of pyridine rings is 1. The summed E-state index contributed by atoms with van der Waals surface area (Å²) in [7, 11) is 0. The molecule has 0 saturated heterocycles. The third-order valence-corrected chi connectivity index (χ3v) is 3.02. The summed E-state index contributed by atoms with van der Waals surface area (Å²) in [6, 6.07) is 5.03. The number of halogens is 5. The molecule has 7 heteroatoms. The largest absolute Gasteiger partial charge is 0.417 e. The summed E-state index contributed by atoms with van der Waals surface area (Å²) >= 11 is 5.78. The number of hydrogen-bond donors (Lipinski definition) is 0. The van der Waals surface area contributed by atoms with Gasteiger partial charge in [-0.1, -0.05) is 17.7 Å². The second-order valence-corrected chi connectivity index (χ2v) is 4.52. The highest BCUT2D eigenvalue weighted by Gasteiger charge is 2.31. The summed E-state index contributed by atoms with van der Waals surface area (Å²) in [5.74, 6) is -0.560. The van der Waals surface area contributed by atoms with E-state index >= 15 is 0 Å². The van der Waals surface area contributed by atoms with Crippen molar-refractivity contribution in [3.05, 3.63) is 68.8 Å². The third kappa shape index (κ3) is 3.19. The van der Waals surface area contributed by atoms with Crippen molar-refractivity contribution in [2.45, 2.75) is 12.7 Å². The van der Waals surface area contributed by atoms with Crippen molar-refractivity contribution < 1.29 is 17.6 Å². The van der Waals surface area contributed by atoms with Gasteiger partial charge in [-0.25, -0.2) is 4.39 Å². The number of rotatable bonds is 2. The summed E-state index contributed by atoms with van der Waals surface area (Å²) in [6.45, 7) is -0.165. The van der Waals surface area contributed by atoms with Gasteiger partial charge in [0.15, 0.2) is 0 Å². The SMILES string of the molecule is O=c1ccc(C(F)(F)F)cn1Cc1ccc(F)cc1Cl. The van der Waals surface area contributed by atoms with E-state index in [0.717, 1.165) is 22.8 Å². The van der Waals surface area contributed by atoms with Crippen LogP contribution in [0, 0.1) is 5.82 Å². The molecule has 0 atom stereocenters. The van der Waals surface area contributed by atoms with E-state index in [0.29, 0.717) is 17.8 Å². The Morgan fingerprint density at radius 3 is 2.45 bits per heavy atom. The first-order valence-corrected chi connectivity index (χ1v) is 5.87. The highest BCUT2D eigenvalue weighted by atomic mass is 35.5. The van der Waals surface area contributed by atoms with Crippen molar-refractivity contribution in [1.82, 2.24) is 4.57 Å². The van der Waals surface area contributed by atoms with Gasteiger partial charge in [0.1, 0.15) is 5.82 Å². The molecule has 0 spiro atoms. The lowest BCUT2D eigenvalue weighted by atomic mass is 10.2. The lowest BCUT2D eigenvalue weighted by molar-refractivity contribution is -0.138. The molecule has 0 aliphatic carbocycles. The van der Waals surface area contributed by atoms with E-state index in [4.69, 9.17) is 11.6 Å². The van der Waals surface area contributed by atoms with E-state index in [1.54, 1.807) is 0 Å². The van der Waals surface area contributed by atoms with Gasteiger partial charge in [-0.15, -0.1) is 0 Å². The van der Waals surface area contributed by atoms with E-state index < -0.39 is 23.1 Å². The van der Waals surface area contributed by atoms with Crippen LogP contribution in [-0.2, 0) is 12.7 Å². The van der Waals surface area contributed by atoms with E-state index in [1.807, 2.05) is 0 Å². The molecule has 0 radical (unpaired) electrons. The smallest absolute Gasteiger partial charge is 0.310 e. The molecule has 106 valence electrons. The summed E-state index contributed by atoms with van der Waals surface area (Å²) in [5, 5.41) is 0.0503. The van der Waals surface area contributed by atoms with Crippen LogP contribution >= 0.6 is 11.6 Å². The summed E-state index contributed by atoms with van der Waals surface area (Å²) in [6.07, 6.45) is -3.83. The van der Waals surface area contributed by atoms with Crippen molar-refractivity contribution in [2.24, 2.45) is 0 Å². The molecular weight excluding hydrogens is 298 g/mol. The number of nitrogens with zero attached hydrogens (tertiary/aromatic N) is 1. The first kappa shape index (κ1) is 14.6. The second-order valence-electron chi connectivity index (χ2n) is 4.12. The van der Waals surface area contributed by atoms with Crippen molar-refractivity contribution >= 4 is 11.6 Å². The first-order valence-electron chi connectivity index (χ1n) is 5.49. The van der Waals surface area contributed by atoms with Crippen LogP contribution < -0.4 is 5.56 Å². The van der Waals surface area contributed by atoms with E-state index in [-0.39, 0.29) is 11.6 Å². The van der Waals surface area contributed by atoms with Gasteiger partial charge in [-0.2, -0.15) is 13.2 Å². The topological polar surface area (TPSA) is 22.0 Å². The van der Waals surface area contributed by atoms with Gasteiger partial charge < -0.3 is 4.57 Å². The Hall–Kier alpha value is -1.82. The molecule has 2 aromatic rings. The van der Waals surface area contributed by atoms with Gasteiger partial charge in [0.25, 0.3) is 5.56 Å². The normalized spacial score (nSPS) is 11.7. The number of benzene rings is 1. The Kier molecular flexibility index (Phi) is 3.85. The predicted octanol–water partition coefficient (Wildman–Crippen LogP) is 3.71. The van der Waals surface area contributed by atoms with Gasteiger partial charge in [0.2, 0.25) is 0 Å².